The van der Waals surface area contributed by atoms with Crippen LogP contribution < -0.4 is 0 Å². The molecule has 1 aromatic carbocycles. The zero-order valence-electron chi connectivity index (χ0n) is 9.45. The molecule has 1 amide bonds. The molecule has 0 N–H and O–H groups in total. The molecule has 1 aliphatic rings. The van der Waals surface area contributed by atoms with E-state index < -0.39 is 0 Å². The maximum absolute atomic E-state index is 11.6. The Morgan fingerprint density at radius 3 is 2.62 bits per heavy atom. The van der Waals surface area contributed by atoms with E-state index in [2.05, 4.69) is 28.1 Å². The highest BCUT2D eigenvalue weighted by atomic mass is 79.9. The van der Waals surface area contributed by atoms with Crippen LogP contribution in [0.4, 0.5) is 0 Å². The SMILES string of the molecule is CC(=O)N1CCCCC1c1ccc(Br)cc1. The average Bonchev–Trinajstić information content (AvgIpc) is 2.30. The normalized spacial score (nSPS) is 20.9. The monoisotopic (exact) mass is 281 g/mol. The highest BCUT2D eigenvalue weighted by molar-refractivity contribution is 9.10. The lowest BCUT2D eigenvalue weighted by atomic mass is 9.95. The average molecular weight is 282 g/mol. The Labute approximate surface area is 105 Å². The zero-order valence-corrected chi connectivity index (χ0v) is 11.0. The van der Waals surface area contributed by atoms with Crippen molar-refractivity contribution in [3.8, 4) is 0 Å². The van der Waals surface area contributed by atoms with Crippen LogP contribution in [0.5, 0.6) is 0 Å². The van der Waals surface area contributed by atoms with Crippen LogP contribution in [0.3, 0.4) is 0 Å². The Morgan fingerprint density at radius 2 is 2.00 bits per heavy atom. The molecular weight excluding hydrogens is 266 g/mol. The molecule has 0 spiro atoms. The second-order valence-corrected chi connectivity index (χ2v) is 5.19. The summed E-state index contributed by atoms with van der Waals surface area (Å²) in [6.07, 6.45) is 3.43. The van der Waals surface area contributed by atoms with Gasteiger partial charge < -0.3 is 4.90 Å². The molecule has 1 aliphatic heterocycles. The first-order chi connectivity index (χ1) is 7.68. The van der Waals surface area contributed by atoms with Crippen molar-refractivity contribution in [3.05, 3.63) is 34.3 Å². The molecule has 0 saturated carbocycles. The van der Waals surface area contributed by atoms with Gasteiger partial charge in [0.2, 0.25) is 5.91 Å². The van der Waals surface area contributed by atoms with Crippen LogP contribution in [0.1, 0.15) is 37.8 Å². The Kier molecular flexibility index (Phi) is 3.64. The molecular formula is C13H16BrNO. The third-order valence-corrected chi connectivity index (χ3v) is 3.69. The third-order valence-electron chi connectivity index (χ3n) is 3.16. The first-order valence-electron chi connectivity index (χ1n) is 5.71. The van der Waals surface area contributed by atoms with Gasteiger partial charge in [0.25, 0.3) is 0 Å². The molecule has 1 aromatic rings. The van der Waals surface area contributed by atoms with Crippen molar-refractivity contribution in [2.45, 2.75) is 32.2 Å². The number of carbonyl (C=O) groups excluding carboxylic acids is 1. The number of piperidine rings is 1. The van der Waals surface area contributed by atoms with E-state index in [0.29, 0.717) is 0 Å². The molecule has 1 saturated heterocycles. The van der Waals surface area contributed by atoms with Crippen LogP contribution in [0, 0.1) is 0 Å². The van der Waals surface area contributed by atoms with Gasteiger partial charge >= 0.3 is 0 Å². The van der Waals surface area contributed by atoms with E-state index in [1.54, 1.807) is 6.92 Å². The first-order valence-corrected chi connectivity index (χ1v) is 6.50. The smallest absolute Gasteiger partial charge is 0.219 e. The highest BCUT2D eigenvalue weighted by Crippen LogP contribution is 2.31. The predicted octanol–water partition coefficient (Wildman–Crippen LogP) is 3.52. The van der Waals surface area contributed by atoms with E-state index in [4.69, 9.17) is 0 Å². The summed E-state index contributed by atoms with van der Waals surface area (Å²) in [5.41, 5.74) is 1.25. The standard InChI is InChI=1S/C13H16BrNO/c1-10(16)15-9-3-2-4-13(15)11-5-7-12(14)8-6-11/h5-8,13H,2-4,9H2,1H3. The molecule has 16 heavy (non-hydrogen) atoms. The molecule has 0 aromatic heterocycles. The van der Waals surface area contributed by atoms with Crippen molar-refractivity contribution in [1.29, 1.82) is 0 Å². The number of carbonyl (C=O) groups is 1. The summed E-state index contributed by atoms with van der Waals surface area (Å²) >= 11 is 3.43. The summed E-state index contributed by atoms with van der Waals surface area (Å²) in [6.45, 7) is 2.56. The van der Waals surface area contributed by atoms with Crippen LogP contribution in [-0.2, 0) is 4.79 Å². The molecule has 2 nitrogen and oxygen atoms in total. The molecule has 0 radical (unpaired) electrons. The van der Waals surface area contributed by atoms with Gasteiger partial charge in [0.1, 0.15) is 0 Å². The first kappa shape index (κ1) is 11.6. The maximum atomic E-state index is 11.6. The number of halogens is 1. The Bertz CT molecular complexity index is 374. The van der Waals surface area contributed by atoms with Gasteiger partial charge in [-0.2, -0.15) is 0 Å². The van der Waals surface area contributed by atoms with Crippen molar-refractivity contribution in [1.82, 2.24) is 4.90 Å². The summed E-state index contributed by atoms with van der Waals surface area (Å²) in [4.78, 5) is 13.6. The summed E-state index contributed by atoms with van der Waals surface area (Å²) in [7, 11) is 0. The number of benzene rings is 1. The molecule has 0 aliphatic carbocycles. The largest absolute Gasteiger partial charge is 0.336 e. The number of amides is 1. The maximum Gasteiger partial charge on any atom is 0.219 e. The summed E-state index contributed by atoms with van der Waals surface area (Å²) in [5.74, 6) is 0.188. The zero-order chi connectivity index (χ0) is 11.5. The van der Waals surface area contributed by atoms with Gasteiger partial charge in [0, 0.05) is 17.9 Å². The van der Waals surface area contributed by atoms with Crippen LogP contribution >= 0.6 is 15.9 Å². The third kappa shape index (κ3) is 2.46. The van der Waals surface area contributed by atoms with Crippen molar-refractivity contribution in [2.75, 3.05) is 6.54 Å². The fourth-order valence-corrected chi connectivity index (χ4v) is 2.60. The van der Waals surface area contributed by atoms with Crippen molar-refractivity contribution in [2.24, 2.45) is 0 Å². The lowest BCUT2D eigenvalue weighted by molar-refractivity contribution is -0.132. The Balaban J connectivity index is 2.23. The van der Waals surface area contributed by atoms with Gasteiger partial charge in [-0.25, -0.2) is 0 Å². The molecule has 0 bridgehead atoms. The lowest BCUT2D eigenvalue weighted by Gasteiger charge is -2.35. The van der Waals surface area contributed by atoms with Gasteiger partial charge in [0.05, 0.1) is 6.04 Å². The fraction of sp³-hybridized carbons (Fsp3) is 0.462. The second kappa shape index (κ2) is 5.00. The minimum absolute atomic E-state index is 0.188. The minimum atomic E-state index is 0.188. The van der Waals surface area contributed by atoms with Gasteiger partial charge in [-0.3, -0.25) is 4.79 Å². The van der Waals surface area contributed by atoms with Crippen LogP contribution in [0.25, 0.3) is 0 Å². The minimum Gasteiger partial charge on any atom is -0.336 e. The van der Waals surface area contributed by atoms with Crippen LogP contribution in [0.2, 0.25) is 0 Å². The molecule has 2 rings (SSSR count). The predicted molar refractivity (Wildman–Crippen MR) is 68.1 cm³/mol. The Hall–Kier alpha value is -0.830. The van der Waals surface area contributed by atoms with E-state index >= 15 is 0 Å². The molecule has 86 valence electrons. The van der Waals surface area contributed by atoms with Gasteiger partial charge in [0.15, 0.2) is 0 Å². The topological polar surface area (TPSA) is 20.3 Å². The fourth-order valence-electron chi connectivity index (χ4n) is 2.34. The van der Waals surface area contributed by atoms with Gasteiger partial charge in [-0.15, -0.1) is 0 Å². The second-order valence-electron chi connectivity index (χ2n) is 4.28. The van der Waals surface area contributed by atoms with Crippen molar-refractivity contribution < 1.29 is 4.79 Å². The molecule has 1 heterocycles. The highest BCUT2D eigenvalue weighted by Gasteiger charge is 2.25. The molecule has 1 unspecified atom stereocenters. The number of hydrogen-bond acceptors (Lipinski definition) is 1. The van der Waals surface area contributed by atoms with E-state index in [9.17, 15) is 4.79 Å². The van der Waals surface area contributed by atoms with Crippen LogP contribution in [0.15, 0.2) is 28.7 Å². The molecule has 1 atom stereocenters. The number of hydrogen-bond donors (Lipinski definition) is 0. The summed E-state index contributed by atoms with van der Waals surface area (Å²) < 4.78 is 1.08. The summed E-state index contributed by atoms with van der Waals surface area (Å²) in [6, 6.07) is 8.58. The molecule has 3 heteroatoms. The lowest BCUT2D eigenvalue weighted by Crippen LogP contribution is -2.36. The van der Waals surface area contributed by atoms with Crippen molar-refractivity contribution >= 4 is 21.8 Å². The molecule has 1 fully saturated rings. The van der Waals surface area contributed by atoms with E-state index in [0.717, 1.165) is 23.9 Å². The number of rotatable bonds is 1. The van der Waals surface area contributed by atoms with Crippen molar-refractivity contribution in [3.63, 3.8) is 0 Å². The van der Waals surface area contributed by atoms with Gasteiger partial charge in [-0.05, 0) is 37.0 Å². The van der Waals surface area contributed by atoms with Gasteiger partial charge in [-0.1, -0.05) is 28.1 Å². The number of nitrogens with zero attached hydrogens (tertiary/aromatic N) is 1. The Morgan fingerprint density at radius 1 is 1.31 bits per heavy atom. The van der Waals surface area contributed by atoms with E-state index in [1.165, 1.54) is 12.0 Å². The van der Waals surface area contributed by atoms with E-state index in [-0.39, 0.29) is 11.9 Å². The quantitative estimate of drug-likeness (QED) is 0.771. The van der Waals surface area contributed by atoms with Crippen LogP contribution in [-0.4, -0.2) is 17.4 Å². The van der Waals surface area contributed by atoms with E-state index in [1.807, 2.05) is 17.0 Å². The number of likely N-dealkylation sites (tertiary alicyclic amines) is 1. The summed E-state index contributed by atoms with van der Waals surface area (Å²) in [5, 5.41) is 0.